The summed E-state index contributed by atoms with van der Waals surface area (Å²) in [7, 11) is 0. The predicted molar refractivity (Wildman–Crippen MR) is 71.0 cm³/mol. The molecule has 2 nitrogen and oxygen atoms in total. The van der Waals surface area contributed by atoms with E-state index in [0.717, 1.165) is 11.6 Å². The maximum absolute atomic E-state index is 6.30. The van der Waals surface area contributed by atoms with Crippen molar-refractivity contribution in [3.05, 3.63) is 34.3 Å². The zero-order valence-electron chi connectivity index (χ0n) is 10.0. The number of rotatable bonds is 2. The zero-order chi connectivity index (χ0) is 11.8. The van der Waals surface area contributed by atoms with Crippen LogP contribution in [-0.2, 0) is 6.54 Å². The lowest BCUT2D eigenvalue weighted by molar-refractivity contribution is 0.152. The molecule has 1 aliphatic heterocycles. The first-order chi connectivity index (χ1) is 8.31. The van der Waals surface area contributed by atoms with Crippen molar-refractivity contribution in [2.24, 2.45) is 5.73 Å². The quantitative estimate of drug-likeness (QED) is 0.874. The maximum atomic E-state index is 6.30. The summed E-state index contributed by atoms with van der Waals surface area (Å²) in [5.74, 6) is 0. The molecule has 1 atom stereocenters. The number of hydrogen-bond donors (Lipinski definition) is 1. The van der Waals surface area contributed by atoms with Gasteiger partial charge >= 0.3 is 0 Å². The van der Waals surface area contributed by atoms with Crippen LogP contribution in [0.4, 0.5) is 0 Å². The fourth-order valence-corrected chi connectivity index (χ4v) is 3.65. The van der Waals surface area contributed by atoms with Crippen LogP contribution in [0.2, 0.25) is 5.02 Å². The molecule has 0 radical (unpaired) electrons. The number of fused-ring (bicyclic) bond motifs is 1. The van der Waals surface area contributed by atoms with Crippen LogP contribution >= 0.6 is 11.6 Å². The van der Waals surface area contributed by atoms with Crippen molar-refractivity contribution in [1.82, 2.24) is 4.90 Å². The molecule has 1 aliphatic carbocycles. The summed E-state index contributed by atoms with van der Waals surface area (Å²) in [5, 5.41) is 0.904. The van der Waals surface area contributed by atoms with Gasteiger partial charge in [-0.1, -0.05) is 36.6 Å². The van der Waals surface area contributed by atoms with Crippen molar-refractivity contribution in [3.8, 4) is 0 Å². The van der Waals surface area contributed by atoms with Gasteiger partial charge in [-0.25, -0.2) is 0 Å². The highest BCUT2D eigenvalue weighted by Gasteiger charge is 2.35. The van der Waals surface area contributed by atoms with Gasteiger partial charge in [0.05, 0.1) is 0 Å². The van der Waals surface area contributed by atoms with E-state index in [0.29, 0.717) is 18.6 Å². The van der Waals surface area contributed by atoms with E-state index in [-0.39, 0.29) is 0 Å². The van der Waals surface area contributed by atoms with Crippen LogP contribution in [0.25, 0.3) is 0 Å². The lowest BCUT2D eigenvalue weighted by Gasteiger charge is -2.29. The Bertz CT molecular complexity index is 413. The highest BCUT2D eigenvalue weighted by atomic mass is 35.5. The molecule has 1 aromatic rings. The van der Waals surface area contributed by atoms with E-state index < -0.39 is 0 Å². The number of nitrogens with zero attached hydrogens (tertiary/aromatic N) is 1. The van der Waals surface area contributed by atoms with Crippen molar-refractivity contribution in [2.75, 3.05) is 6.54 Å². The summed E-state index contributed by atoms with van der Waals surface area (Å²) < 4.78 is 0. The molecule has 0 saturated heterocycles. The SMILES string of the molecule is NCC1c2cccc(Cl)c2CN1C1CCCC1. The molecule has 1 heterocycles. The summed E-state index contributed by atoms with van der Waals surface area (Å²) in [5.41, 5.74) is 8.63. The van der Waals surface area contributed by atoms with Gasteiger partial charge in [0.2, 0.25) is 0 Å². The molecule has 0 spiro atoms. The minimum Gasteiger partial charge on any atom is -0.329 e. The molecule has 1 aromatic carbocycles. The van der Waals surface area contributed by atoms with Crippen LogP contribution in [0.3, 0.4) is 0 Å². The van der Waals surface area contributed by atoms with Gasteiger partial charge < -0.3 is 5.73 Å². The normalized spacial score (nSPS) is 25.4. The van der Waals surface area contributed by atoms with Gasteiger partial charge in [0.25, 0.3) is 0 Å². The largest absolute Gasteiger partial charge is 0.329 e. The third-order valence-electron chi connectivity index (χ3n) is 4.27. The van der Waals surface area contributed by atoms with Crippen molar-refractivity contribution >= 4 is 11.6 Å². The lowest BCUT2D eigenvalue weighted by atomic mass is 10.0. The number of hydrogen-bond acceptors (Lipinski definition) is 2. The Morgan fingerprint density at radius 3 is 2.76 bits per heavy atom. The average molecular weight is 251 g/mol. The fourth-order valence-electron chi connectivity index (χ4n) is 3.41. The highest BCUT2D eigenvalue weighted by molar-refractivity contribution is 6.31. The van der Waals surface area contributed by atoms with Crippen molar-refractivity contribution < 1.29 is 0 Å². The molecular weight excluding hydrogens is 232 g/mol. The van der Waals surface area contributed by atoms with Crippen molar-refractivity contribution in [1.29, 1.82) is 0 Å². The van der Waals surface area contributed by atoms with Crippen LogP contribution in [0, 0.1) is 0 Å². The Morgan fingerprint density at radius 2 is 2.06 bits per heavy atom. The Balaban J connectivity index is 1.93. The Morgan fingerprint density at radius 1 is 1.29 bits per heavy atom. The van der Waals surface area contributed by atoms with Crippen LogP contribution in [-0.4, -0.2) is 17.5 Å². The first-order valence-electron chi connectivity index (χ1n) is 6.54. The van der Waals surface area contributed by atoms with Gasteiger partial charge in [0, 0.05) is 30.2 Å². The molecule has 0 aromatic heterocycles. The highest BCUT2D eigenvalue weighted by Crippen LogP contribution is 2.41. The topological polar surface area (TPSA) is 29.3 Å². The maximum Gasteiger partial charge on any atom is 0.0480 e. The summed E-state index contributed by atoms with van der Waals surface area (Å²) in [4.78, 5) is 2.57. The minimum atomic E-state index is 0.381. The fraction of sp³-hybridized carbons (Fsp3) is 0.571. The Hall–Kier alpha value is -0.570. The molecule has 2 N–H and O–H groups in total. The van der Waals surface area contributed by atoms with E-state index in [9.17, 15) is 0 Å². The minimum absolute atomic E-state index is 0.381. The van der Waals surface area contributed by atoms with Crippen molar-refractivity contribution in [3.63, 3.8) is 0 Å². The van der Waals surface area contributed by atoms with E-state index in [1.54, 1.807) is 0 Å². The lowest BCUT2D eigenvalue weighted by Crippen LogP contribution is -2.35. The van der Waals surface area contributed by atoms with Crippen LogP contribution in [0.15, 0.2) is 18.2 Å². The predicted octanol–water partition coefficient (Wildman–Crippen LogP) is 3.10. The standard InChI is InChI=1S/C14H19ClN2/c15-13-7-3-6-11-12(13)9-17(14(11)8-16)10-4-1-2-5-10/h3,6-7,10,14H,1-2,4-5,8-9,16H2. The first-order valence-corrected chi connectivity index (χ1v) is 6.92. The van der Waals surface area contributed by atoms with E-state index in [4.69, 9.17) is 17.3 Å². The van der Waals surface area contributed by atoms with Crippen LogP contribution in [0.5, 0.6) is 0 Å². The Kier molecular flexibility index (Phi) is 3.12. The van der Waals surface area contributed by atoms with E-state index >= 15 is 0 Å². The molecule has 3 heteroatoms. The van der Waals surface area contributed by atoms with Gasteiger partial charge in [-0.3, -0.25) is 4.90 Å². The third kappa shape index (κ3) is 1.88. The molecule has 0 bridgehead atoms. The third-order valence-corrected chi connectivity index (χ3v) is 4.63. The zero-order valence-corrected chi connectivity index (χ0v) is 10.8. The first kappa shape index (κ1) is 11.5. The average Bonchev–Trinajstić information content (AvgIpc) is 2.95. The molecule has 1 fully saturated rings. The van der Waals surface area contributed by atoms with E-state index in [1.807, 2.05) is 12.1 Å². The van der Waals surface area contributed by atoms with Gasteiger partial charge in [-0.15, -0.1) is 0 Å². The van der Waals surface area contributed by atoms with Gasteiger partial charge in [0.15, 0.2) is 0 Å². The number of halogens is 1. The molecule has 0 amide bonds. The summed E-state index contributed by atoms with van der Waals surface area (Å²) in [6.07, 6.45) is 5.37. The smallest absolute Gasteiger partial charge is 0.0480 e. The molecule has 1 unspecified atom stereocenters. The molecule has 1 saturated carbocycles. The number of benzene rings is 1. The monoisotopic (exact) mass is 250 g/mol. The van der Waals surface area contributed by atoms with E-state index in [1.165, 1.54) is 36.8 Å². The number of nitrogens with two attached hydrogens (primary N) is 1. The van der Waals surface area contributed by atoms with E-state index in [2.05, 4.69) is 11.0 Å². The van der Waals surface area contributed by atoms with Crippen LogP contribution < -0.4 is 5.73 Å². The second-order valence-electron chi connectivity index (χ2n) is 5.17. The van der Waals surface area contributed by atoms with Gasteiger partial charge in [-0.05, 0) is 30.0 Å². The molecule has 17 heavy (non-hydrogen) atoms. The Labute approximate surface area is 108 Å². The molecule has 3 rings (SSSR count). The summed E-state index contributed by atoms with van der Waals surface area (Å²) in [6, 6.07) is 7.32. The summed E-state index contributed by atoms with van der Waals surface area (Å²) in [6.45, 7) is 1.69. The summed E-state index contributed by atoms with van der Waals surface area (Å²) >= 11 is 6.30. The second kappa shape index (κ2) is 4.60. The second-order valence-corrected chi connectivity index (χ2v) is 5.58. The van der Waals surface area contributed by atoms with Gasteiger partial charge in [-0.2, -0.15) is 0 Å². The molecule has 92 valence electrons. The molecular formula is C14H19ClN2. The van der Waals surface area contributed by atoms with Gasteiger partial charge in [0.1, 0.15) is 0 Å². The van der Waals surface area contributed by atoms with Crippen LogP contribution in [0.1, 0.15) is 42.9 Å². The van der Waals surface area contributed by atoms with Crippen molar-refractivity contribution in [2.45, 2.75) is 44.3 Å². The molecule has 2 aliphatic rings.